The molecule has 3 heterocycles. The number of hydrogen-bond acceptors (Lipinski definition) is 5. The standard InChI is InChI=1S/C18H19N3O3S/c22-15(21-9-13-4-1-5-18(13,11-21)17(23)24)7-14-10-25-16(20-14)12-3-2-6-19-8-12/h2-3,6,8,10,13H,1,4-5,7,9,11H2,(H,23,24)/t13-,18+/m0/s1. The monoisotopic (exact) mass is 357 g/mol. The van der Waals surface area contributed by atoms with E-state index in [0.717, 1.165) is 29.1 Å². The molecule has 0 unspecified atom stereocenters. The number of aliphatic carboxylic acids is 1. The first-order valence-corrected chi connectivity index (χ1v) is 9.32. The molecule has 7 heteroatoms. The molecule has 2 aromatic rings. The number of nitrogens with zero attached hydrogens (tertiary/aromatic N) is 3. The van der Waals surface area contributed by atoms with Gasteiger partial charge in [-0.25, -0.2) is 4.98 Å². The number of carboxylic acid groups (broad SMARTS) is 1. The van der Waals surface area contributed by atoms with E-state index in [-0.39, 0.29) is 18.2 Å². The summed E-state index contributed by atoms with van der Waals surface area (Å²) in [7, 11) is 0. The quantitative estimate of drug-likeness (QED) is 0.909. The molecule has 1 saturated carbocycles. The number of likely N-dealkylation sites (tertiary alicyclic amines) is 1. The number of hydrogen-bond donors (Lipinski definition) is 1. The van der Waals surface area contributed by atoms with Crippen LogP contribution in [0.4, 0.5) is 0 Å². The van der Waals surface area contributed by atoms with Gasteiger partial charge in [0.2, 0.25) is 5.91 Å². The zero-order valence-corrected chi connectivity index (χ0v) is 14.5. The Labute approximate surface area is 149 Å². The number of thiazole rings is 1. The average Bonchev–Trinajstić information content (AvgIpc) is 3.29. The number of rotatable bonds is 4. The largest absolute Gasteiger partial charge is 0.481 e. The molecule has 25 heavy (non-hydrogen) atoms. The van der Waals surface area contributed by atoms with Crippen LogP contribution in [-0.2, 0) is 16.0 Å². The Bertz CT molecular complexity index is 807. The number of fused-ring (bicyclic) bond motifs is 1. The Morgan fingerprint density at radius 1 is 1.44 bits per heavy atom. The van der Waals surface area contributed by atoms with Crippen molar-refractivity contribution in [2.75, 3.05) is 13.1 Å². The van der Waals surface area contributed by atoms with Crippen LogP contribution in [0, 0.1) is 11.3 Å². The van der Waals surface area contributed by atoms with Crippen LogP contribution in [0.15, 0.2) is 29.9 Å². The van der Waals surface area contributed by atoms with E-state index in [4.69, 9.17) is 0 Å². The summed E-state index contributed by atoms with van der Waals surface area (Å²) < 4.78 is 0. The summed E-state index contributed by atoms with van der Waals surface area (Å²) in [5.74, 6) is -0.689. The highest BCUT2D eigenvalue weighted by molar-refractivity contribution is 7.13. The van der Waals surface area contributed by atoms with Crippen molar-refractivity contribution < 1.29 is 14.7 Å². The molecule has 0 aromatic carbocycles. The molecule has 1 aliphatic heterocycles. The van der Waals surface area contributed by atoms with E-state index in [1.807, 2.05) is 17.5 Å². The Kier molecular flexibility index (Phi) is 4.03. The summed E-state index contributed by atoms with van der Waals surface area (Å²) in [6.07, 6.45) is 6.21. The minimum atomic E-state index is -0.752. The van der Waals surface area contributed by atoms with Crippen LogP contribution in [0.1, 0.15) is 25.0 Å². The summed E-state index contributed by atoms with van der Waals surface area (Å²) in [5.41, 5.74) is 0.945. The van der Waals surface area contributed by atoms with Gasteiger partial charge in [-0.05, 0) is 30.9 Å². The molecule has 0 spiro atoms. The van der Waals surface area contributed by atoms with Gasteiger partial charge in [-0.1, -0.05) is 6.42 Å². The molecule has 0 radical (unpaired) electrons. The van der Waals surface area contributed by atoms with Crippen molar-refractivity contribution in [1.82, 2.24) is 14.9 Å². The molecule has 1 N–H and O–H groups in total. The van der Waals surface area contributed by atoms with Gasteiger partial charge >= 0.3 is 5.97 Å². The van der Waals surface area contributed by atoms with Crippen LogP contribution in [0.3, 0.4) is 0 Å². The molecule has 2 atom stereocenters. The molecule has 1 aliphatic carbocycles. The smallest absolute Gasteiger partial charge is 0.311 e. The second kappa shape index (κ2) is 6.22. The maximum Gasteiger partial charge on any atom is 0.311 e. The van der Waals surface area contributed by atoms with Crippen molar-refractivity contribution in [3.8, 4) is 10.6 Å². The van der Waals surface area contributed by atoms with E-state index in [9.17, 15) is 14.7 Å². The minimum absolute atomic E-state index is 0.0296. The summed E-state index contributed by atoms with van der Waals surface area (Å²) in [6, 6.07) is 3.80. The lowest BCUT2D eigenvalue weighted by Gasteiger charge is -2.23. The van der Waals surface area contributed by atoms with Gasteiger partial charge in [0.25, 0.3) is 0 Å². The molecule has 2 fully saturated rings. The highest BCUT2D eigenvalue weighted by Crippen LogP contribution is 2.48. The second-order valence-corrected chi connectivity index (χ2v) is 7.75. The molecule has 4 rings (SSSR count). The molecule has 2 aliphatic rings. The van der Waals surface area contributed by atoms with Crippen molar-refractivity contribution in [1.29, 1.82) is 0 Å². The summed E-state index contributed by atoms with van der Waals surface area (Å²) in [6.45, 7) is 0.899. The van der Waals surface area contributed by atoms with Gasteiger partial charge < -0.3 is 10.0 Å². The van der Waals surface area contributed by atoms with Gasteiger partial charge in [-0.2, -0.15) is 0 Å². The normalized spacial score (nSPS) is 25.1. The predicted molar refractivity (Wildman–Crippen MR) is 93.0 cm³/mol. The number of carbonyl (C=O) groups excluding carboxylic acids is 1. The number of pyridine rings is 1. The van der Waals surface area contributed by atoms with Gasteiger partial charge in [0.05, 0.1) is 17.5 Å². The van der Waals surface area contributed by atoms with Crippen molar-refractivity contribution in [3.63, 3.8) is 0 Å². The van der Waals surface area contributed by atoms with Crippen molar-refractivity contribution in [3.05, 3.63) is 35.6 Å². The lowest BCUT2D eigenvalue weighted by Crippen LogP contribution is -2.37. The molecule has 1 amide bonds. The van der Waals surface area contributed by atoms with Crippen LogP contribution in [0.2, 0.25) is 0 Å². The Balaban J connectivity index is 1.45. The first-order chi connectivity index (χ1) is 12.1. The van der Waals surface area contributed by atoms with E-state index in [2.05, 4.69) is 9.97 Å². The fourth-order valence-corrected chi connectivity index (χ4v) is 4.92. The van der Waals surface area contributed by atoms with Crippen LogP contribution in [0.25, 0.3) is 10.6 Å². The second-order valence-electron chi connectivity index (χ2n) is 6.89. The zero-order chi connectivity index (χ0) is 17.4. The van der Waals surface area contributed by atoms with Gasteiger partial charge in [-0.3, -0.25) is 14.6 Å². The Hall–Kier alpha value is -2.28. The zero-order valence-electron chi connectivity index (χ0n) is 13.7. The fraction of sp³-hybridized carbons (Fsp3) is 0.444. The maximum absolute atomic E-state index is 12.6. The Morgan fingerprint density at radius 2 is 2.32 bits per heavy atom. The molecule has 2 aromatic heterocycles. The molecular weight excluding hydrogens is 338 g/mol. The van der Waals surface area contributed by atoms with Crippen LogP contribution in [-0.4, -0.2) is 44.9 Å². The third-order valence-electron chi connectivity index (χ3n) is 5.44. The number of carbonyl (C=O) groups is 2. The highest BCUT2D eigenvalue weighted by atomic mass is 32.1. The number of amides is 1. The molecule has 6 nitrogen and oxygen atoms in total. The SMILES string of the molecule is O=C(Cc1csc(-c2cccnc2)n1)N1C[C@@H]2CCC[C@@]2(C(=O)O)C1. The first kappa shape index (κ1) is 16.2. The van der Waals surface area contributed by atoms with Crippen LogP contribution >= 0.6 is 11.3 Å². The van der Waals surface area contributed by atoms with Gasteiger partial charge in [0.15, 0.2) is 0 Å². The molecule has 0 bridgehead atoms. The van der Waals surface area contributed by atoms with Crippen molar-refractivity contribution in [2.24, 2.45) is 11.3 Å². The topological polar surface area (TPSA) is 83.4 Å². The van der Waals surface area contributed by atoms with E-state index >= 15 is 0 Å². The highest BCUT2D eigenvalue weighted by Gasteiger charge is 2.55. The fourth-order valence-electron chi connectivity index (χ4n) is 4.11. The van der Waals surface area contributed by atoms with Gasteiger partial charge in [0.1, 0.15) is 5.01 Å². The van der Waals surface area contributed by atoms with Gasteiger partial charge in [0, 0.05) is 36.4 Å². The third kappa shape index (κ3) is 2.82. The van der Waals surface area contributed by atoms with Crippen LogP contribution < -0.4 is 0 Å². The van der Waals surface area contributed by atoms with E-state index in [1.165, 1.54) is 11.3 Å². The average molecular weight is 357 g/mol. The van der Waals surface area contributed by atoms with Gasteiger partial charge in [-0.15, -0.1) is 11.3 Å². The Morgan fingerprint density at radius 3 is 3.04 bits per heavy atom. The molecular formula is C18H19N3O3S. The van der Waals surface area contributed by atoms with E-state index < -0.39 is 11.4 Å². The van der Waals surface area contributed by atoms with E-state index in [0.29, 0.717) is 19.5 Å². The minimum Gasteiger partial charge on any atom is -0.481 e. The lowest BCUT2D eigenvalue weighted by atomic mass is 9.81. The first-order valence-electron chi connectivity index (χ1n) is 8.44. The van der Waals surface area contributed by atoms with E-state index in [1.54, 1.807) is 17.3 Å². The maximum atomic E-state index is 12.6. The predicted octanol–water partition coefficient (Wildman–Crippen LogP) is 2.46. The summed E-state index contributed by atoms with van der Waals surface area (Å²) >= 11 is 1.49. The third-order valence-corrected chi connectivity index (χ3v) is 6.38. The molecule has 1 saturated heterocycles. The number of aromatic nitrogens is 2. The summed E-state index contributed by atoms with van der Waals surface area (Å²) in [4.78, 5) is 34.7. The summed E-state index contributed by atoms with van der Waals surface area (Å²) in [5, 5.41) is 12.4. The van der Waals surface area contributed by atoms with Crippen LogP contribution in [0.5, 0.6) is 0 Å². The molecule has 130 valence electrons. The number of carboxylic acids is 1. The van der Waals surface area contributed by atoms with Crippen molar-refractivity contribution in [2.45, 2.75) is 25.7 Å². The van der Waals surface area contributed by atoms with Crippen molar-refractivity contribution >= 4 is 23.2 Å². The lowest BCUT2D eigenvalue weighted by molar-refractivity contribution is -0.149.